The van der Waals surface area contributed by atoms with Crippen molar-refractivity contribution in [3.8, 4) is 0 Å². The van der Waals surface area contributed by atoms with Crippen LogP contribution in [0.4, 0.5) is 0 Å². The summed E-state index contributed by atoms with van der Waals surface area (Å²) in [5, 5.41) is 5.25. The lowest BCUT2D eigenvalue weighted by Crippen LogP contribution is -2.55. The normalized spacial score (nSPS) is 12.5. The fourth-order valence-electron chi connectivity index (χ4n) is 2.55. The molecular formula is C19H29N5O4S. The molecule has 0 fully saturated rings. The average Bonchev–Trinajstić information content (AvgIpc) is 2.70. The standard InChI is InChI=1S/C19H29N5O4S/c1-24(17(26)11-20)12-16(25)22-15(10-13-6-4-3-5-7-13)19(28)23-14(18(21)27)8-9-29-2/h3-7,14-15H,8-12,20H2,1-2H3,(H2,21,27)(H,22,25)(H,23,28). The topological polar surface area (TPSA) is 148 Å². The molecule has 0 aliphatic heterocycles. The molecule has 0 saturated heterocycles. The number of hydrogen-bond acceptors (Lipinski definition) is 6. The Labute approximate surface area is 174 Å². The molecule has 2 atom stereocenters. The van der Waals surface area contributed by atoms with E-state index in [1.807, 2.05) is 36.6 Å². The van der Waals surface area contributed by atoms with Crippen molar-refractivity contribution in [3.05, 3.63) is 35.9 Å². The van der Waals surface area contributed by atoms with Gasteiger partial charge in [0.1, 0.15) is 12.1 Å². The van der Waals surface area contributed by atoms with Gasteiger partial charge in [-0.1, -0.05) is 30.3 Å². The average molecular weight is 424 g/mol. The highest BCUT2D eigenvalue weighted by atomic mass is 32.2. The third kappa shape index (κ3) is 8.97. The molecule has 0 bridgehead atoms. The monoisotopic (exact) mass is 423 g/mol. The summed E-state index contributed by atoms with van der Waals surface area (Å²) in [6, 6.07) is 7.39. The maximum absolute atomic E-state index is 12.8. The van der Waals surface area contributed by atoms with Gasteiger partial charge in [-0.15, -0.1) is 0 Å². The first-order valence-corrected chi connectivity index (χ1v) is 10.5. The van der Waals surface area contributed by atoms with E-state index in [2.05, 4.69) is 10.6 Å². The smallest absolute Gasteiger partial charge is 0.243 e. The second-order valence-electron chi connectivity index (χ2n) is 6.51. The summed E-state index contributed by atoms with van der Waals surface area (Å²) in [6.07, 6.45) is 2.50. The van der Waals surface area contributed by atoms with E-state index in [-0.39, 0.29) is 19.5 Å². The number of rotatable bonds is 12. The van der Waals surface area contributed by atoms with E-state index in [1.165, 1.54) is 23.7 Å². The van der Waals surface area contributed by atoms with Gasteiger partial charge in [-0.3, -0.25) is 19.2 Å². The Morgan fingerprint density at radius 2 is 1.76 bits per heavy atom. The van der Waals surface area contributed by atoms with Gasteiger partial charge in [0.25, 0.3) is 0 Å². The maximum Gasteiger partial charge on any atom is 0.243 e. The van der Waals surface area contributed by atoms with Gasteiger partial charge in [0.05, 0.1) is 13.1 Å². The van der Waals surface area contributed by atoms with E-state index >= 15 is 0 Å². The van der Waals surface area contributed by atoms with Crippen molar-refractivity contribution in [1.82, 2.24) is 15.5 Å². The van der Waals surface area contributed by atoms with Crippen LogP contribution in [0.25, 0.3) is 0 Å². The van der Waals surface area contributed by atoms with Gasteiger partial charge >= 0.3 is 0 Å². The van der Waals surface area contributed by atoms with Crippen molar-refractivity contribution in [2.24, 2.45) is 11.5 Å². The molecule has 10 heteroatoms. The Morgan fingerprint density at radius 3 is 2.31 bits per heavy atom. The second-order valence-corrected chi connectivity index (χ2v) is 7.49. The van der Waals surface area contributed by atoms with Gasteiger partial charge in [0.15, 0.2) is 0 Å². The lowest BCUT2D eigenvalue weighted by molar-refractivity contribution is -0.135. The van der Waals surface area contributed by atoms with Crippen LogP contribution in [0.15, 0.2) is 30.3 Å². The van der Waals surface area contributed by atoms with E-state index in [0.717, 1.165) is 5.56 Å². The van der Waals surface area contributed by atoms with Crippen LogP contribution in [-0.2, 0) is 25.6 Å². The third-order valence-corrected chi connectivity index (χ3v) is 4.83. The zero-order valence-corrected chi connectivity index (χ0v) is 17.5. The number of amides is 4. The van der Waals surface area contributed by atoms with E-state index < -0.39 is 35.7 Å². The second kappa shape index (κ2) is 12.8. The molecule has 6 N–H and O–H groups in total. The number of likely N-dealkylation sites (N-methyl/N-ethyl adjacent to an activating group) is 1. The summed E-state index contributed by atoms with van der Waals surface area (Å²) in [6.45, 7) is -0.451. The Bertz CT molecular complexity index is 701. The molecule has 0 spiro atoms. The number of nitrogens with one attached hydrogen (secondary N) is 2. The van der Waals surface area contributed by atoms with Gasteiger partial charge in [0, 0.05) is 13.5 Å². The van der Waals surface area contributed by atoms with Crippen molar-refractivity contribution >= 4 is 35.4 Å². The van der Waals surface area contributed by atoms with Crippen LogP contribution in [-0.4, -0.2) is 72.8 Å². The predicted molar refractivity (Wildman–Crippen MR) is 113 cm³/mol. The lowest BCUT2D eigenvalue weighted by atomic mass is 10.0. The summed E-state index contributed by atoms with van der Waals surface area (Å²) in [7, 11) is 1.45. The summed E-state index contributed by atoms with van der Waals surface area (Å²) in [5.41, 5.74) is 11.5. The van der Waals surface area contributed by atoms with E-state index in [1.54, 1.807) is 0 Å². The molecular weight excluding hydrogens is 394 g/mol. The minimum Gasteiger partial charge on any atom is -0.368 e. The van der Waals surface area contributed by atoms with Crippen molar-refractivity contribution < 1.29 is 19.2 Å². The molecule has 0 heterocycles. The molecule has 4 amide bonds. The fraction of sp³-hybridized carbons (Fsp3) is 0.474. The maximum atomic E-state index is 12.8. The number of hydrogen-bond donors (Lipinski definition) is 4. The highest BCUT2D eigenvalue weighted by molar-refractivity contribution is 7.98. The Morgan fingerprint density at radius 1 is 1.10 bits per heavy atom. The third-order valence-electron chi connectivity index (χ3n) is 4.19. The molecule has 160 valence electrons. The van der Waals surface area contributed by atoms with E-state index in [0.29, 0.717) is 12.2 Å². The number of thioether (sulfide) groups is 1. The molecule has 0 aliphatic rings. The largest absolute Gasteiger partial charge is 0.368 e. The Hall–Kier alpha value is -2.59. The van der Waals surface area contributed by atoms with Crippen LogP contribution in [0.5, 0.6) is 0 Å². The molecule has 1 rings (SSSR count). The first-order valence-electron chi connectivity index (χ1n) is 9.14. The van der Waals surface area contributed by atoms with E-state index in [4.69, 9.17) is 11.5 Å². The van der Waals surface area contributed by atoms with Crippen molar-refractivity contribution in [2.75, 3.05) is 32.1 Å². The van der Waals surface area contributed by atoms with Crippen LogP contribution in [0, 0.1) is 0 Å². The van der Waals surface area contributed by atoms with Gasteiger partial charge in [0.2, 0.25) is 23.6 Å². The predicted octanol–water partition coefficient (Wildman–Crippen LogP) is -1.15. The molecule has 9 nitrogen and oxygen atoms in total. The molecule has 2 unspecified atom stereocenters. The van der Waals surface area contributed by atoms with Crippen LogP contribution >= 0.6 is 11.8 Å². The highest BCUT2D eigenvalue weighted by Crippen LogP contribution is 2.06. The summed E-state index contributed by atoms with van der Waals surface area (Å²) in [5.74, 6) is -1.40. The molecule has 0 radical (unpaired) electrons. The molecule has 29 heavy (non-hydrogen) atoms. The van der Waals surface area contributed by atoms with Crippen LogP contribution < -0.4 is 22.1 Å². The minimum atomic E-state index is -0.928. The lowest BCUT2D eigenvalue weighted by Gasteiger charge is -2.23. The number of nitrogens with zero attached hydrogens (tertiary/aromatic N) is 1. The first-order chi connectivity index (χ1) is 13.8. The fourth-order valence-corrected chi connectivity index (χ4v) is 3.02. The SMILES string of the molecule is CSCCC(NC(=O)C(Cc1ccccc1)NC(=O)CN(C)C(=O)CN)C(N)=O. The van der Waals surface area contributed by atoms with Crippen molar-refractivity contribution in [2.45, 2.75) is 24.9 Å². The Balaban J connectivity index is 2.89. The number of primary amides is 1. The van der Waals surface area contributed by atoms with Gasteiger partial charge < -0.3 is 27.0 Å². The van der Waals surface area contributed by atoms with Crippen molar-refractivity contribution in [3.63, 3.8) is 0 Å². The van der Waals surface area contributed by atoms with Crippen LogP contribution in [0.2, 0.25) is 0 Å². The number of carbonyl (C=O) groups excluding carboxylic acids is 4. The molecule has 1 aromatic rings. The summed E-state index contributed by atoms with van der Waals surface area (Å²) < 4.78 is 0. The summed E-state index contributed by atoms with van der Waals surface area (Å²) >= 11 is 1.53. The molecule has 1 aromatic carbocycles. The zero-order valence-electron chi connectivity index (χ0n) is 16.7. The number of carbonyl (C=O) groups is 4. The molecule has 0 aliphatic carbocycles. The molecule has 0 saturated carbocycles. The first kappa shape index (κ1) is 24.4. The summed E-state index contributed by atoms with van der Waals surface area (Å²) in [4.78, 5) is 49.5. The minimum absolute atomic E-state index is 0.215. The van der Waals surface area contributed by atoms with Crippen LogP contribution in [0.3, 0.4) is 0 Å². The number of nitrogens with two attached hydrogens (primary N) is 2. The zero-order chi connectivity index (χ0) is 21.8. The number of benzene rings is 1. The van der Waals surface area contributed by atoms with Gasteiger partial charge in [-0.05, 0) is 24.0 Å². The quantitative estimate of drug-likeness (QED) is 0.334. The van der Waals surface area contributed by atoms with Gasteiger partial charge in [-0.25, -0.2) is 0 Å². The highest BCUT2D eigenvalue weighted by Gasteiger charge is 2.26. The van der Waals surface area contributed by atoms with Crippen molar-refractivity contribution in [1.29, 1.82) is 0 Å². The van der Waals surface area contributed by atoms with E-state index in [9.17, 15) is 19.2 Å². The van der Waals surface area contributed by atoms with Crippen LogP contribution in [0.1, 0.15) is 12.0 Å². The Kier molecular flexibility index (Phi) is 10.8. The van der Waals surface area contributed by atoms with Gasteiger partial charge in [-0.2, -0.15) is 11.8 Å². The molecule has 0 aromatic heterocycles.